The molecule has 0 aliphatic rings. The number of carboxylic acid groups (broad SMARTS) is 1. The van der Waals surface area contributed by atoms with Crippen molar-refractivity contribution in [1.29, 1.82) is 0 Å². The van der Waals surface area contributed by atoms with Crippen LogP contribution < -0.4 is 0 Å². The fourth-order valence-corrected chi connectivity index (χ4v) is 1.50. The number of benzene rings is 1. The summed E-state index contributed by atoms with van der Waals surface area (Å²) in [4.78, 5) is 22.6. The molecule has 0 bridgehead atoms. The van der Waals surface area contributed by atoms with E-state index in [0.717, 1.165) is 32.2 Å². The topological polar surface area (TPSA) is 57.6 Å². The fraction of sp³-hybridized carbons (Fsp3) is 0.273. The van der Waals surface area contributed by atoms with Gasteiger partial charge in [-0.05, 0) is 19.1 Å². The Bertz CT molecular complexity index is 444. The highest BCUT2D eigenvalue weighted by Crippen LogP contribution is 2.31. The van der Waals surface area contributed by atoms with Crippen LogP contribution in [0, 0.1) is 11.6 Å². The number of hydrogen-bond acceptors (Lipinski definition) is 2. The Labute approximate surface area is 96.5 Å². The monoisotopic (exact) mass is 243 g/mol. The number of carbonyl (C=O) groups is 2. The molecular weight excluding hydrogens is 232 g/mol. The lowest BCUT2D eigenvalue weighted by atomic mass is 9.90. The van der Waals surface area contributed by atoms with E-state index in [1.54, 1.807) is 0 Å². The Morgan fingerprint density at radius 1 is 1.41 bits per heavy atom. The van der Waals surface area contributed by atoms with Crippen molar-refractivity contribution < 1.29 is 23.5 Å². The molecule has 0 aliphatic carbocycles. The van der Waals surface area contributed by atoms with E-state index in [-0.39, 0.29) is 6.41 Å². The van der Waals surface area contributed by atoms with Gasteiger partial charge in [-0.2, -0.15) is 0 Å². The first-order valence-corrected chi connectivity index (χ1v) is 4.71. The SMILES string of the molecule is CN(C=O)C(C)(C(=O)O)c1c(F)cccc1F. The van der Waals surface area contributed by atoms with E-state index in [4.69, 9.17) is 5.11 Å². The van der Waals surface area contributed by atoms with Crippen LogP contribution in [0.1, 0.15) is 12.5 Å². The van der Waals surface area contributed by atoms with Gasteiger partial charge < -0.3 is 10.0 Å². The molecule has 1 unspecified atom stereocenters. The van der Waals surface area contributed by atoms with Gasteiger partial charge in [-0.3, -0.25) is 4.79 Å². The van der Waals surface area contributed by atoms with Gasteiger partial charge in [0, 0.05) is 7.05 Å². The van der Waals surface area contributed by atoms with Crippen molar-refractivity contribution in [3.05, 3.63) is 35.4 Å². The zero-order valence-corrected chi connectivity index (χ0v) is 9.28. The maximum atomic E-state index is 13.6. The standard InChI is InChI=1S/C11H11F2NO3/c1-11(10(16)17,14(2)6-15)9-7(12)4-3-5-8(9)13/h3-6H,1-2H3,(H,16,17). The number of amides is 1. The van der Waals surface area contributed by atoms with Crippen LogP contribution in [-0.2, 0) is 15.1 Å². The number of nitrogens with zero attached hydrogens (tertiary/aromatic N) is 1. The van der Waals surface area contributed by atoms with Gasteiger partial charge in [0.2, 0.25) is 6.41 Å². The Morgan fingerprint density at radius 3 is 2.24 bits per heavy atom. The van der Waals surface area contributed by atoms with Crippen molar-refractivity contribution in [2.45, 2.75) is 12.5 Å². The molecule has 0 saturated heterocycles. The molecule has 4 nitrogen and oxygen atoms in total. The van der Waals surface area contributed by atoms with Crippen LogP contribution in [0.4, 0.5) is 8.78 Å². The summed E-state index contributed by atoms with van der Waals surface area (Å²) in [7, 11) is 1.15. The average Bonchev–Trinajstić information content (AvgIpc) is 2.27. The maximum absolute atomic E-state index is 13.6. The lowest BCUT2D eigenvalue weighted by Gasteiger charge is -2.32. The molecule has 0 aromatic heterocycles. The molecule has 0 heterocycles. The molecule has 0 saturated carbocycles. The Balaban J connectivity index is 3.53. The highest BCUT2D eigenvalue weighted by atomic mass is 19.1. The highest BCUT2D eigenvalue weighted by Gasteiger charge is 2.43. The summed E-state index contributed by atoms with van der Waals surface area (Å²) in [5, 5.41) is 9.10. The van der Waals surface area contributed by atoms with Crippen LogP contribution in [0.15, 0.2) is 18.2 Å². The fourth-order valence-electron chi connectivity index (χ4n) is 1.50. The number of aliphatic carboxylic acids is 1. The number of likely N-dealkylation sites (N-methyl/N-ethyl adjacent to an activating group) is 1. The lowest BCUT2D eigenvalue weighted by molar-refractivity contribution is -0.153. The van der Waals surface area contributed by atoms with Crippen LogP contribution in [-0.4, -0.2) is 29.4 Å². The lowest BCUT2D eigenvalue weighted by Crippen LogP contribution is -2.48. The molecule has 1 aromatic carbocycles. The molecular formula is C11H11F2NO3. The molecule has 92 valence electrons. The van der Waals surface area contributed by atoms with E-state index >= 15 is 0 Å². The molecule has 1 aromatic rings. The molecule has 0 fully saturated rings. The van der Waals surface area contributed by atoms with Crippen molar-refractivity contribution in [1.82, 2.24) is 4.90 Å². The normalized spacial score (nSPS) is 13.9. The van der Waals surface area contributed by atoms with Gasteiger partial charge in [0.15, 0.2) is 5.54 Å². The number of carboxylic acids is 1. The number of carbonyl (C=O) groups excluding carboxylic acids is 1. The zero-order chi connectivity index (χ0) is 13.2. The summed E-state index contributed by atoms with van der Waals surface area (Å²) < 4.78 is 27.1. The second-order valence-electron chi connectivity index (χ2n) is 3.69. The zero-order valence-electron chi connectivity index (χ0n) is 9.28. The summed E-state index contributed by atoms with van der Waals surface area (Å²) in [6, 6.07) is 3.01. The van der Waals surface area contributed by atoms with Crippen LogP contribution in [0.5, 0.6) is 0 Å². The molecule has 0 aliphatic heterocycles. The third-order valence-electron chi connectivity index (χ3n) is 2.73. The van der Waals surface area contributed by atoms with E-state index in [1.165, 1.54) is 0 Å². The number of hydrogen-bond donors (Lipinski definition) is 1. The maximum Gasteiger partial charge on any atom is 0.334 e. The molecule has 17 heavy (non-hydrogen) atoms. The average molecular weight is 243 g/mol. The molecule has 1 atom stereocenters. The van der Waals surface area contributed by atoms with Gasteiger partial charge in [0.25, 0.3) is 0 Å². The van der Waals surface area contributed by atoms with Crippen LogP contribution >= 0.6 is 0 Å². The second kappa shape index (κ2) is 4.48. The number of rotatable bonds is 4. The van der Waals surface area contributed by atoms with E-state index < -0.39 is 28.7 Å². The molecule has 6 heteroatoms. The van der Waals surface area contributed by atoms with Gasteiger partial charge in [-0.25, -0.2) is 13.6 Å². The summed E-state index contributed by atoms with van der Waals surface area (Å²) in [6.45, 7) is 1.06. The summed E-state index contributed by atoms with van der Waals surface area (Å²) in [5.74, 6) is -3.54. The molecule has 1 amide bonds. The van der Waals surface area contributed by atoms with Gasteiger partial charge in [0.1, 0.15) is 11.6 Å². The first-order chi connectivity index (χ1) is 7.85. The molecule has 0 radical (unpaired) electrons. The minimum absolute atomic E-state index is 0.208. The predicted molar refractivity (Wildman–Crippen MR) is 55.2 cm³/mol. The quantitative estimate of drug-likeness (QED) is 0.812. The molecule has 1 rings (SSSR count). The van der Waals surface area contributed by atoms with Crippen LogP contribution in [0.3, 0.4) is 0 Å². The third-order valence-corrected chi connectivity index (χ3v) is 2.73. The van der Waals surface area contributed by atoms with Crippen molar-refractivity contribution in [2.75, 3.05) is 7.05 Å². The van der Waals surface area contributed by atoms with E-state index in [2.05, 4.69) is 0 Å². The van der Waals surface area contributed by atoms with Crippen molar-refractivity contribution >= 4 is 12.4 Å². The van der Waals surface area contributed by atoms with Crippen molar-refractivity contribution in [3.63, 3.8) is 0 Å². The van der Waals surface area contributed by atoms with Gasteiger partial charge in [-0.15, -0.1) is 0 Å². The van der Waals surface area contributed by atoms with Gasteiger partial charge in [0.05, 0.1) is 5.56 Å². The van der Waals surface area contributed by atoms with Crippen LogP contribution in [0.25, 0.3) is 0 Å². The van der Waals surface area contributed by atoms with Crippen molar-refractivity contribution in [2.24, 2.45) is 0 Å². The largest absolute Gasteiger partial charge is 0.479 e. The Kier molecular flexibility index (Phi) is 3.45. The van der Waals surface area contributed by atoms with Gasteiger partial charge >= 0.3 is 5.97 Å². The van der Waals surface area contributed by atoms with Crippen LogP contribution in [0.2, 0.25) is 0 Å². The Hall–Kier alpha value is -1.98. The smallest absolute Gasteiger partial charge is 0.334 e. The van der Waals surface area contributed by atoms with E-state index in [1.807, 2.05) is 0 Å². The molecule has 1 N–H and O–H groups in total. The summed E-state index contributed by atoms with van der Waals surface area (Å²) in [6.07, 6.45) is 0.208. The minimum atomic E-state index is -2.09. The predicted octanol–water partition coefficient (Wildman–Crippen LogP) is 1.35. The van der Waals surface area contributed by atoms with Crippen molar-refractivity contribution in [3.8, 4) is 0 Å². The molecule has 0 spiro atoms. The van der Waals surface area contributed by atoms with E-state index in [0.29, 0.717) is 4.90 Å². The minimum Gasteiger partial charge on any atom is -0.479 e. The summed E-state index contributed by atoms with van der Waals surface area (Å²) in [5.41, 5.74) is -2.75. The Morgan fingerprint density at radius 2 is 1.88 bits per heavy atom. The first kappa shape index (κ1) is 13.1. The summed E-state index contributed by atoms with van der Waals surface area (Å²) >= 11 is 0. The second-order valence-corrected chi connectivity index (χ2v) is 3.69. The third kappa shape index (κ3) is 1.98. The number of halogens is 2. The van der Waals surface area contributed by atoms with Gasteiger partial charge in [-0.1, -0.05) is 6.07 Å². The first-order valence-electron chi connectivity index (χ1n) is 4.71. The van der Waals surface area contributed by atoms with E-state index in [9.17, 15) is 18.4 Å². The highest BCUT2D eigenvalue weighted by molar-refractivity contribution is 5.82.